The highest BCUT2D eigenvalue weighted by Gasteiger charge is 2.10. The monoisotopic (exact) mass is 261 g/mol. The third-order valence-corrected chi connectivity index (χ3v) is 6.30. The molecule has 82 valence electrons. The van der Waals surface area contributed by atoms with Gasteiger partial charge in [-0.05, 0) is 52.5 Å². The second kappa shape index (κ2) is 5.74. The predicted octanol–water partition coefficient (Wildman–Crippen LogP) is 2.93. The quantitative estimate of drug-likeness (QED) is 0.780. The fraction of sp³-hybridized carbons (Fsp3) is 0.300. The summed E-state index contributed by atoms with van der Waals surface area (Å²) in [4.78, 5) is 13.3. The van der Waals surface area contributed by atoms with E-state index in [2.05, 4.69) is 6.66 Å². The van der Waals surface area contributed by atoms with Crippen molar-refractivity contribution in [1.29, 1.82) is 0 Å². The first-order valence-electron chi connectivity index (χ1n) is 4.40. The Labute approximate surface area is 100.0 Å². The van der Waals surface area contributed by atoms with Crippen LogP contribution in [0.2, 0.25) is 0 Å². The van der Waals surface area contributed by atoms with E-state index in [1.165, 1.54) is 10.6 Å². The van der Waals surface area contributed by atoms with Crippen LogP contribution in [0.25, 0.3) is 0 Å². The fourth-order valence-corrected chi connectivity index (χ4v) is 3.13. The summed E-state index contributed by atoms with van der Waals surface area (Å²) in [5, 5.41) is 1.14. The van der Waals surface area contributed by atoms with Gasteiger partial charge in [0, 0.05) is 19.7 Å². The molecule has 0 aliphatic rings. The van der Waals surface area contributed by atoms with Crippen molar-refractivity contribution in [1.82, 2.24) is 4.90 Å². The summed E-state index contributed by atoms with van der Waals surface area (Å²) in [7, 11) is 10.1. The van der Waals surface area contributed by atoms with E-state index >= 15 is 0 Å². The summed E-state index contributed by atoms with van der Waals surface area (Å²) in [6.45, 7) is 2.08. The van der Waals surface area contributed by atoms with Gasteiger partial charge in [0.15, 0.2) is 0 Å². The topological polar surface area (TPSA) is 20.3 Å². The molecule has 1 unspecified atom stereocenters. The molecule has 0 spiro atoms. The lowest BCUT2D eigenvalue weighted by molar-refractivity contribution is 0.0827. The molecule has 0 heterocycles. The number of hydrogen-bond donors (Lipinski definition) is 0. The van der Waals surface area contributed by atoms with Gasteiger partial charge in [0.05, 0.1) is 0 Å². The van der Waals surface area contributed by atoms with Gasteiger partial charge in [-0.3, -0.25) is 4.79 Å². The molecule has 1 amide bonds. The van der Waals surface area contributed by atoms with Crippen molar-refractivity contribution in [3.8, 4) is 0 Å². The van der Waals surface area contributed by atoms with Crippen LogP contribution in [0.3, 0.4) is 0 Å². The van der Waals surface area contributed by atoms with E-state index in [1.807, 2.05) is 24.3 Å². The lowest BCUT2D eigenvalue weighted by atomic mass is 10.2. The number of carbonyl (C=O) groups is 1. The lowest BCUT2D eigenvalue weighted by Crippen LogP contribution is -2.22. The number of nitrogens with zero attached hydrogens (tertiary/aromatic N) is 1. The number of hydrogen-bond acceptors (Lipinski definition) is 2. The Morgan fingerprint density at radius 2 is 2.13 bits per heavy atom. The smallest absolute Gasteiger partial charge is 0.253 e. The van der Waals surface area contributed by atoms with Gasteiger partial charge < -0.3 is 4.90 Å². The van der Waals surface area contributed by atoms with Crippen LogP contribution in [0.5, 0.6) is 0 Å². The molecular formula is C10H13ClNOPS. The van der Waals surface area contributed by atoms with E-state index in [4.69, 9.17) is 10.7 Å². The molecule has 0 aliphatic carbocycles. The second-order valence-corrected chi connectivity index (χ2v) is 8.27. The average Bonchev–Trinajstić information content (AvgIpc) is 2.27. The van der Waals surface area contributed by atoms with Crippen LogP contribution in [0.4, 0.5) is 0 Å². The zero-order chi connectivity index (χ0) is 11.4. The lowest BCUT2D eigenvalue weighted by Gasteiger charge is -2.12. The van der Waals surface area contributed by atoms with Gasteiger partial charge in [-0.2, -0.15) is 0 Å². The Bertz CT molecular complexity index is 359. The molecule has 1 aromatic carbocycles. The Kier molecular flexibility index (Phi) is 4.91. The van der Waals surface area contributed by atoms with E-state index < -0.39 is 7.12 Å². The molecule has 0 aliphatic heterocycles. The van der Waals surface area contributed by atoms with Gasteiger partial charge in [-0.25, -0.2) is 0 Å². The largest absolute Gasteiger partial charge is 0.345 e. The van der Waals surface area contributed by atoms with Crippen LogP contribution in [-0.4, -0.2) is 31.6 Å². The summed E-state index contributed by atoms with van der Waals surface area (Å²) < 4.78 is 0. The average molecular weight is 262 g/mol. The summed E-state index contributed by atoms with van der Waals surface area (Å²) in [5.74, 6) is 0.0276. The molecule has 0 saturated carbocycles. The van der Waals surface area contributed by atoms with Crippen LogP contribution >= 0.6 is 28.4 Å². The maximum absolute atomic E-state index is 11.7. The number of halogens is 1. The van der Waals surface area contributed by atoms with Crippen LogP contribution < -0.4 is 5.30 Å². The first kappa shape index (κ1) is 12.8. The summed E-state index contributed by atoms with van der Waals surface area (Å²) in [6.07, 6.45) is 0. The molecule has 0 radical (unpaired) electrons. The van der Waals surface area contributed by atoms with Crippen LogP contribution in [0.1, 0.15) is 10.4 Å². The highest BCUT2D eigenvalue weighted by Crippen LogP contribution is 2.47. The Hall–Kier alpha value is -0.240. The SMILES string of the molecule is CN(C)C(=O)c1cccc(P(C)SCl)c1. The van der Waals surface area contributed by atoms with Gasteiger partial charge in [-0.1, -0.05) is 12.1 Å². The maximum Gasteiger partial charge on any atom is 0.253 e. The van der Waals surface area contributed by atoms with Gasteiger partial charge in [-0.15, -0.1) is 0 Å². The molecule has 15 heavy (non-hydrogen) atoms. The minimum Gasteiger partial charge on any atom is -0.345 e. The molecule has 2 nitrogen and oxygen atoms in total. The second-order valence-electron chi connectivity index (χ2n) is 3.32. The van der Waals surface area contributed by atoms with E-state index in [0.29, 0.717) is 0 Å². The third kappa shape index (κ3) is 3.37. The molecule has 0 fully saturated rings. The van der Waals surface area contributed by atoms with Crippen LogP contribution in [0, 0.1) is 0 Å². The van der Waals surface area contributed by atoms with E-state index in [-0.39, 0.29) is 5.91 Å². The predicted molar refractivity (Wildman–Crippen MR) is 70.4 cm³/mol. The number of benzene rings is 1. The molecule has 0 N–H and O–H groups in total. The summed E-state index contributed by atoms with van der Waals surface area (Å²) in [5.41, 5.74) is 0.720. The highest BCUT2D eigenvalue weighted by molar-refractivity contribution is 8.68. The number of carbonyl (C=O) groups excluding carboxylic acids is 1. The minimum atomic E-state index is -0.422. The minimum absolute atomic E-state index is 0.0276. The van der Waals surface area contributed by atoms with Crippen molar-refractivity contribution < 1.29 is 4.79 Å². The zero-order valence-electron chi connectivity index (χ0n) is 8.90. The van der Waals surface area contributed by atoms with Gasteiger partial charge in [0.2, 0.25) is 0 Å². The van der Waals surface area contributed by atoms with Crippen molar-refractivity contribution in [3.63, 3.8) is 0 Å². The molecule has 1 atom stereocenters. The molecular weight excluding hydrogens is 249 g/mol. The molecule has 0 aromatic heterocycles. The van der Waals surface area contributed by atoms with E-state index in [0.717, 1.165) is 10.9 Å². The van der Waals surface area contributed by atoms with Crippen molar-refractivity contribution >= 4 is 39.6 Å². The van der Waals surface area contributed by atoms with Gasteiger partial charge in [0.1, 0.15) is 0 Å². The fourth-order valence-electron chi connectivity index (χ4n) is 1.13. The van der Waals surface area contributed by atoms with E-state index in [9.17, 15) is 4.79 Å². The maximum atomic E-state index is 11.7. The van der Waals surface area contributed by atoms with Crippen molar-refractivity contribution in [3.05, 3.63) is 29.8 Å². The van der Waals surface area contributed by atoms with Gasteiger partial charge in [0.25, 0.3) is 5.91 Å². The third-order valence-electron chi connectivity index (χ3n) is 1.97. The molecule has 5 heteroatoms. The van der Waals surface area contributed by atoms with Gasteiger partial charge >= 0.3 is 0 Å². The standard InChI is InChI=1S/C10H13ClNOPS/c1-12(2)10(13)8-5-4-6-9(7-8)14(3)15-11/h4-7H,1-3H3. The summed E-state index contributed by atoms with van der Waals surface area (Å²) >= 11 is 0. The molecule has 1 aromatic rings. The van der Waals surface area contributed by atoms with Crippen molar-refractivity contribution in [2.75, 3.05) is 20.8 Å². The van der Waals surface area contributed by atoms with E-state index in [1.54, 1.807) is 19.0 Å². The molecule has 1 rings (SSSR count). The number of amides is 1. The summed E-state index contributed by atoms with van der Waals surface area (Å²) in [6, 6.07) is 7.66. The molecule has 0 bridgehead atoms. The first-order chi connectivity index (χ1) is 7.06. The Balaban J connectivity index is 2.97. The molecule has 0 saturated heterocycles. The Morgan fingerprint density at radius 1 is 1.47 bits per heavy atom. The Morgan fingerprint density at radius 3 is 2.67 bits per heavy atom. The highest BCUT2D eigenvalue weighted by atomic mass is 35.7. The van der Waals surface area contributed by atoms with Crippen molar-refractivity contribution in [2.24, 2.45) is 0 Å². The first-order valence-corrected chi connectivity index (χ1v) is 8.44. The van der Waals surface area contributed by atoms with Crippen molar-refractivity contribution in [2.45, 2.75) is 0 Å². The van der Waals surface area contributed by atoms with Crippen LogP contribution in [0.15, 0.2) is 24.3 Å². The number of rotatable bonds is 3. The normalized spacial score (nSPS) is 12.3. The van der Waals surface area contributed by atoms with Crippen LogP contribution in [-0.2, 0) is 0 Å². The zero-order valence-corrected chi connectivity index (χ0v) is 11.4.